The fourth-order valence-corrected chi connectivity index (χ4v) is 1.60. The standard InChI is InChI=1S/C9H11B2F3/c1-3(2)4-5(10)8(13)9(14)6(11)7(4)12/h3H,10-11H2,1-2H3. The molecule has 0 radical (unpaired) electrons. The van der Waals surface area contributed by atoms with Crippen LogP contribution in [0.4, 0.5) is 13.2 Å². The molecule has 0 aromatic heterocycles. The van der Waals surface area contributed by atoms with Crippen LogP contribution in [0.15, 0.2) is 0 Å². The zero-order chi connectivity index (χ0) is 11.0. The Labute approximate surface area is 83.3 Å². The third kappa shape index (κ3) is 1.55. The first-order chi connectivity index (χ1) is 6.37. The molecule has 0 aliphatic carbocycles. The van der Waals surface area contributed by atoms with Crippen LogP contribution in [0.5, 0.6) is 0 Å². The lowest BCUT2D eigenvalue weighted by molar-refractivity contribution is 0.503. The Kier molecular flexibility index (Phi) is 2.98. The van der Waals surface area contributed by atoms with Gasteiger partial charge in [0.2, 0.25) is 0 Å². The second kappa shape index (κ2) is 3.71. The molecule has 0 atom stereocenters. The van der Waals surface area contributed by atoms with Gasteiger partial charge in [-0.3, -0.25) is 0 Å². The lowest BCUT2D eigenvalue weighted by atomic mass is 9.79. The second-order valence-electron chi connectivity index (χ2n) is 3.76. The van der Waals surface area contributed by atoms with Crippen LogP contribution in [-0.4, -0.2) is 15.7 Å². The summed E-state index contributed by atoms with van der Waals surface area (Å²) in [5.74, 6) is -2.79. The van der Waals surface area contributed by atoms with E-state index in [2.05, 4.69) is 0 Å². The van der Waals surface area contributed by atoms with Gasteiger partial charge in [0.25, 0.3) is 0 Å². The number of hydrogen-bond acceptors (Lipinski definition) is 0. The van der Waals surface area contributed by atoms with Gasteiger partial charge in [0, 0.05) is 0 Å². The lowest BCUT2D eigenvalue weighted by Crippen LogP contribution is -2.30. The van der Waals surface area contributed by atoms with Crippen molar-refractivity contribution in [3.63, 3.8) is 0 Å². The van der Waals surface area contributed by atoms with Gasteiger partial charge in [-0.05, 0) is 22.4 Å². The molecule has 74 valence electrons. The molecule has 0 spiro atoms. The Bertz CT molecular complexity index is 346. The maximum Gasteiger partial charge on any atom is 0.154 e. The highest BCUT2D eigenvalue weighted by atomic mass is 19.2. The van der Waals surface area contributed by atoms with Crippen LogP contribution in [0.25, 0.3) is 0 Å². The molecule has 0 amide bonds. The van der Waals surface area contributed by atoms with Gasteiger partial charge in [-0.2, -0.15) is 0 Å². The highest BCUT2D eigenvalue weighted by molar-refractivity contribution is 6.36. The Morgan fingerprint density at radius 2 is 1.29 bits per heavy atom. The van der Waals surface area contributed by atoms with Crippen molar-refractivity contribution in [3.8, 4) is 0 Å². The summed E-state index contributed by atoms with van der Waals surface area (Å²) in [5, 5.41) is 0. The van der Waals surface area contributed by atoms with Crippen molar-refractivity contribution in [2.75, 3.05) is 0 Å². The van der Waals surface area contributed by atoms with Crippen LogP contribution in [0, 0.1) is 17.5 Å². The molecule has 0 unspecified atom stereocenters. The Morgan fingerprint density at radius 1 is 0.857 bits per heavy atom. The predicted octanol–water partition coefficient (Wildman–Crippen LogP) is -0.256. The van der Waals surface area contributed by atoms with Crippen LogP contribution in [-0.2, 0) is 0 Å². The molecule has 0 fully saturated rings. The van der Waals surface area contributed by atoms with Gasteiger partial charge in [-0.15, -0.1) is 0 Å². The van der Waals surface area contributed by atoms with Crippen LogP contribution >= 0.6 is 0 Å². The number of hydrogen-bond donors (Lipinski definition) is 0. The fraction of sp³-hybridized carbons (Fsp3) is 0.333. The molecule has 0 saturated heterocycles. The molecule has 14 heavy (non-hydrogen) atoms. The largest absolute Gasteiger partial charge is 0.207 e. The summed E-state index contributed by atoms with van der Waals surface area (Å²) >= 11 is 0. The summed E-state index contributed by atoms with van der Waals surface area (Å²) < 4.78 is 39.9. The van der Waals surface area contributed by atoms with Crippen LogP contribution in [0.1, 0.15) is 25.3 Å². The SMILES string of the molecule is Bc1c(F)c(F)c(B)c(C(C)C)c1F. The van der Waals surface area contributed by atoms with Crippen molar-refractivity contribution in [3.05, 3.63) is 23.0 Å². The minimum absolute atomic E-state index is 0.0700. The van der Waals surface area contributed by atoms with E-state index in [9.17, 15) is 13.2 Å². The van der Waals surface area contributed by atoms with Gasteiger partial charge in [0.15, 0.2) is 11.6 Å². The monoisotopic (exact) mass is 198 g/mol. The van der Waals surface area contributed by atoms with E-state index in [0.717, 1.165) is 0 Å². The molecule has 1 aromatic carbocycles. The van der Waals surface area contributed by atoms with Gasteiger partial charge < -0.3 is 0 Å². The maximum atomic E-state index is 13.5. The van der Waals surface area contributed by atoms with Crippen LogP contribution < -0.4 is 10.9 Å². The minimum atomic E-state index is -1.08. The number of benzene rings is 1. The maximum absolute atomic E-state index is 13.5. The zero-order valence-corrected chi connectivity index (χ0v) is 8.71. The summed E-state index contributed by atoms with van der Waals surface area (Å²) in [6.45, 7) is 3.50. The van der Waals surface area contributed by atoms with E-state index in [1.165, 1.54) is 15.7 Å². The molecule has 1 rings (SSSR count). The van der Waals surface area contributed by atoms with Gasteiger partial charge in [0.05, 0.1) is 0 Å². The summed E-state index contributed by atoms with van der Waals surface area (Å²) in [6, 6.07) is 0. The second-order valence-corrected chi connectivity index (χ2v) is 3.76. The quantitative estimate of drug-likeness (QED) is 0.430. The van der Waals surface area contributed by atoms with Crippen LogP contribution in [0.3, 0.4) is 0 Å². The third-order valence-corrected chi connectivity index (χ3v) is 2.40. The lowest BCUT2D eigenvalue weighted by Gasteiger charge is -2.15. The third-order valence-electron chi connectivity index (χ3n) is 2.40. The smallest absolute Gasteiger partial charge is 0.154 e. The summed E-state index contributed by atoms with van der Waals surface area (Å²) in [4.78, 5) is 0. The zero-order valence-electron chi connectivity index (χ0n) is 8.71. The molecule has 0 aliphatic rings. The van der Waals surface area contributed by atoms with Gasteiger partial charge in [-0.25, -0.2) is 13.2 Å². The van der Waals surface area contributed by atoms with Gasteiger partial charge >= 0.3 is 0 Å². The van der Waals surface area contributed by atoms with Crippen molar-refractivity contribution < 1.29 is 13.2 Å². The summed E-state index contributed by atoms with van der Waals surface area (Å²) in [7, 11) is 2.65. The Balaban J connectivity index is 3.60. The summed E-state index contributed by atoms with van der Waals surface area (Å²) in [5.41, 5.74) is 0.0961. The van der Waals surface area contributed by atoms with E-state index in [1.807, 2.05) is 0 Å². The van der Waals surface area contributed by atoms with Gasteiger partial charge in [0.1, 0.15) is 21.5 Å². The van der Waals surface area contributed by atoms with Crippen molar-refractivity contribution in [2.24, 2.45) is 0 Å². The Morgan fingerprint density at radius 3 is 1.71 bits per heavy atom. The van der Waals surface area contributed by atoms with Crippen molar-refractivity contribution in [2.45, 2.75) is 19.8 Å². The summed E-state index contributed by atoms with van der Waals surface area (Å²) in [6.07, 6.45) is 0. The first kappa shape index (κ1) is 11.2. The molecule has 0 bridgehead atoms. The van der Waals surface area contributed by atoms with E-state index in [0.29, 0.717) is 0 Å². The number of rotatable bonds is 1. The Hall–Kier alpha value is -0.860. The van der Waals surface area contributed by atoms with E-state index >= 15 is 0 Å². The van der Waals surface area contributed by atoms with Crippen LogP contribution in [0.2, 0.25) is 0 Å². The van der Waals surface area contributed by atoms with E-state index in [-0.39, 0.29) is 22.4 Å². The molecule has 1 aromatic rings. The van der Waals surface area contributed by atoms with E-state index in [4.69, 9.17) is 0 Å². The highest BCUT2D eigenvalue weighted by Gasteiger charge is 2.20. The van der Waals surface area contributed by atoms with E-state index in [1.54, 1.807) is 13.8 Å². The molecule has 0 heterocycles. The molecule has 0 saturated carbocycles. The molecule has 0 aliphatic heterocycles. The van der Waals surface area contributed by atoms with E-state index < -0.39 is 17.5 Å². The predicted molar refractivity (Wildman–Crippen MR) is 56.8 cm³/mol. The molecular weight excluding hydrogens is 187 g/mol. The molecule has 5 heteroatoms. The van der Waals surface area contributed by atoms with Crippen molar-refractivity contribution in [1.82, 2.24) is 0 Å². The molecule has 0 nitrogen and oxygen atoms in total. The van der Waals surface area contributed by atoms with Crippen molar-refractivity contribution >= 4 is 26.6 Å². The normalized spacial score (nSPS) is 11.0. The topological polar surface area (TPSA) is 0 Å². The minimum Gasteiger partial charge on any atom is -0.207 e. The molecule has 0 N–H and O–H groups in total. The first-order valence-electron chi connectivity index (χ1n) is 4.51. The van der Waals surface area contributed by atoms with Gasteiger partial charge in [-0.1, -0.05) is 13.8 Å². The average molecular weight is 198 g/mol. The average Bonchev–Trinajstić information content (AvgIpc) is 2.11. The van der Waals surface area contributed by atoms with Crippen molar-refractivity contribution in [1.29, 1.82) is 0 Å². The molecular formula is C9H11B2F3. The number of halogens is 3. The first-order valence-corrected chi connectivity index (χ1v) is 4.51. The highest BCUT2D eigenvalue weighted by Crippen LogP contribution is 2.16. The fourth-order valence-electron chi connectivity index (χ4n) is 1.60.